The van der Waals surface area contributed by atoms with Gasteiger partial charge in [-0.05, 0) is 26.2 Å². The molecule has 0 saturated carbocycles. The van der Waals surface area contributed by atoms with E-state index in [9.17, 15) is 9.59 Å². The molecule has 85 valence electrons. The summed E-state index contributed by atoms with van der Waals surface area (Å²) in [6.45, 7) is 5.60. The van der Waals surface area contributed by atoms with Crippen LogP contribution >= 0.6 is 0 Å². The summed E-state index contributed by atoms with van der Waals surface area (Å²) in [7, 11) is 0. The van der Waals surface area contributed by atoms with Crippen LogP contribution in [0.15, 0.2) is 12.2 Å². The first kappa shape index (κ1) is 13.5. The number of esters is 1. The minimum absolute atomic E-state index is 0.254. The third kappa shape index (κ3) is 8.80. The predicted octanol–water partition coefficient (Wildman–Crippen LogP) is 1.19. The van der Waals surface area contributed by atoms with Gasteiger partial charge >= 0.3 is 12.1 Å². The summed E-state index contributed by atoms with van der Waals surface area (Å²) in [4.78, 5) is 21.1. The van der Waals surface area contributed by atoms with E-state index in [-0.39, 0.29) is 6.61 Å². The van der Waals surface area contributed by atoms with Crippen LogP contribution in [-0.2, 0) is 14.3 Å². The van der Waals surface area contributed by atoms with Crippen molar-refractivity contribution < 1.29 is 19.1 Å². The first-order valence-electron chi connectivity index (χ1n) is 4.60. The zero-order valence-corrected chi connectivity index (χ0v) is 8.82. The number of unbranched alkanes of at least 4 members (excludes halogenated alkanes) is 2. The molecule has 0 aliphatic rings. The number of hydrogen-bond acceptors (Lipinski definition) is 4. The summed E-state index contributed by atoms with van der Waals surface area (Å²) >= 11 is 0. The van der Waals surface area contributed by atoms with Gasteiger partial charge in [-0.1, -0.05) is 6.58 Å². The summed E-state index contributed by atoms with van der Waals surface area (Å²) < 4.78 is 9.32. The lowest BCUT2D eigenvalue weighted by Gasteiger charge is -2.04. The Kier molecular flexibility index (Phi) is 7.05. The highest BCUT2D eigenvalue weighted by Crippen LogP contribution is 1.98. The van der Waals surface area contributed by atoms with Crippen molar-refractivity contribution in [2.45, 2.75) is 19.8 Å². The van der Waals surface area contributed by atoms with Crippen molar-refractivity contribution in [1.82, 2.24) is 0 Å². The van der Waals surface area contributed by atoms with E-state index in [1.807, 2.05) is 6.42 Å². The number of ether oxygens (including phenoxy) is 2. The van der Waals surface area contributed by atoms with Crippen molar-refractivity contribution in [3.8, 4) is 0 Å². The minimum atomic E-state index is -0.780. The van der Waals surface area contributed by atoms with Crippen LogP contribution in [0.1, 0.15) is 19.8 Å². The summed E-state index contributed by atoms with van der Waals surface area (Å²) in [6.07, 6.45) is 2.28. The van der Waals surface area contributed by atoms with Gasteiger partial charge in [-0.2, -0.15) is 0 Å². The summed E-state index contributed by atoms with van der Waals surface area (Å²) in [5.41, 5.74) is 5.13. The van der Waals surface area contributed by atoms with Gasteiger partial charge in [0.25, 0.3) is 0 Å². The molecule has 15 heavy (non-hydrogen) atoms. The Labute approximate surface area is 89.2 Å². The van der Waals surface area contributed by atoms with Crippen molar-refractivity contribution in [3.63, 3.8) is 0 Å². The Morgan fingerprint density at radius 1 is 1.27 bits per heavy atom. The van der Waals surface area contributed by atoms with E-state index >= 15 is 0 Å². The van der Waals surface area contributed by atoms with E-state index in [0.29, 0.717) is 25.0 Å². The third-order valence-corrected chi connectivity index (χ3v) is 1.47. The fourth-order valence-electron chi connectivity index (χ4n) is 0.745. The van der Waals surface area contributed by atoms with Gasteiger partial charge in [0.1, 0.15) is 0 Å². The average molecular weight is 214 g/mol. The predicted molar refractivity (Wildman–Crippen MR) is 54.8 cm³/mol. The molecule has 0 rings (SSSR count). The normalized spacial score (nSPS) is 9.40. The molecule has 1 radical (unpaired) electrons. The smallest absolute Gasteiger partial charge is 0.404 e. The Bertz CT molecular complexity index is 238. The maximum atomic E-state index is 10.9. The second-order valence-corrected chi connectivity index (χ2v) is 2.95. The van der Waals surface area contributed by atoms with E-state index < -0.39 is 12.1 Å². The minimum Gasteiger partial charge on any atom is -0.462 e. The first-order valence-corrected chi connectivity index (χ1v) is 4.60. The number of rotatable bonds is 7. The second-order valence-electron chi connectivity index (χ2n) is 2.95. The highest BCUT2D eigenvalue weighted by Gasteiger charge is 2.01. The number of carbonyl (C=O) groups is 2. The highest BCUT2D eigenvalue weighted by molar-refractivity contribution is 5.86. The molecule has 2 N–H and O–H groups in total. The van der Waals surface area contributed by atoms with Crippen molar-refractivity contribution in [1.29, 1.82) is 0 Å². The van der Waals surface area contributed by atoms with Crippen LogP contribution in [0, 0.1) is 6.42 Å². The molecule has 1 amide bonds. The van der Waals surface area contributed by atoms with E-state index in [2.05, 4.69) is 11.3 Å². The molecule has 5 nitrogen and oxygen atoms in total. The molecule has 0 unspecified atom stereocenters. The van der Waals surface area contributed by atoms with E-state index in [1.165, 1.54) is 0 Å². The lowest BCUT2D eigenvalue weighted by atomic mass is 10.2. The van der Waals surface area contributed by atoms with Crippen molar-refractivity contribution in [3.05, 3.63) is 18.6 Å². The molecule has 0 fully saturated rings. The van der Waals surface area contributed by atoms with Gasteiger partial charge in [-0.25, -0.2) is 9.59 Å². The largest absolute Gasteiger partial charge is 0.462 e. The lowest BCUT2D eigenvalue weighted by molar-refractivity contribution is -0.138. The number of carbonyl (C=O) groups excluding carboxylic acids is 2. The zero-order chi connectivity index (χ0) is 11.7. The summed E-state index contributed by atoms with van der Waals surface area (Å²) in [5.74, 6) is -0.392. The van der Waals surface area contributed by atoms with Gasteiger partial charge in [0.05, 0.1) is 13.2 Å². The van der Waals surface area contributed by atoms with Crippen LogP contribution < -0.4 is 5.73 Å². The first-order chi connectivity index (χ1) is 7.04. The zero-order valence-electron chi connectivity index (χ0n) is 8.82. The third-order valence-electron chi connectivity index (χ3n) is 1.47. The number of primary amides is 1. The van der Waals surface area contributed by atoms with Crippen molar-refractivity contribution >= 4 is 12.1 Å². The topological polar surface area (TPSA) is 78.6 Å². The van der Waals surface area contributed by atoms with Gasteiger partial charge in [0, 0.05) is 5.57 Å². The van der Waals surface area contributed by atoms with Crippen LogP contribution in [0.25, 0.3) is 0 Å². The molecular weight excluding hydrogens is 198 g/mol. The molecule has 0 aliphatic carbocycles. The molecule has 0 bridgehead atoms. The molecule has 0 saturated heterocycles. The molecular formula is C10H16NO4. The van der Waals surface area contributed by atoms with Gasteiger partial charge in [-0.15, -0.1) is 0 Å². The van der Waals surface area contributed by atoms with Crippen LogP contribution in [0.2, 0.25) is 0 Å². The Balaban J connectivity index is 3.22. The maximum Gasteiger partial charge on any atom is 0.404 e. The van der Waals surface area contributed by atoms with Crippen LogP contribution in [0.3, 0.4) is 0 Å². The van der Waals surface area contributed by atoms with Gasteiger partial charge < -0.3 is 15.2 Å². The summed E-state index contributed by atoms with van der Waals surface area (Å²) in [6, 6.07) is 0. The monoisotopic (exact) mass is 214 g/mol. The van der Waals surface area contributed by atoms with Crippen molar-refractivity contribution in [2.75, 3.05) is 13.2 Å². The SMILES string of the molecule is C=C(C)C(=O)OCC[CH]CCOC(N)=O. The van der Waals surface area contributed by atoms with Gasteiger partial charge in [-0.3, -0.25) is 0 Å². The number of nitrogens with two attached hydrogens (primary N) is 1. The standard InChI is InChI=1S/C10H16NO4/c1-8(2)9(12)14-6-4-3-5-7-15-10(11)13/h3H,1,4-7H2,2H3,(H2,11,13). The molecule has 5 heteroatoms. The van der Waals surface area contributed by atoms with Gasteiger partial charge in [0.2, 0.25) is 0 Å². The van der Waals surface area contributed by atoms with E-state index in [0.717, 1.165) is 0 Å². The van der Waals surface area contributed by atoms with Crippen LogP contribution in [-0.4, -0.2) is 25.3 Å². The van der Waals surface area contributed by atoms with Crippen LogP contribution in [0.5, 0.6) is 0 Å². The molecule has 0 heterocycles. The molecule has 0 atom stereocenters. The maximum absolute atomic E-state index is 10.9. The van der Waals surface area contributed by atoms with Crippen LogP contribution in [0.4, 0.5) is 4.79 Å². The lowest BCUT2D eigenvalue weighted by Crippen LogP contribution is -2.13. The molecule has 0 aromatic carbocycles. The van der Waals surface area contributed by atoms with Gasteiger partial charge in [0.15, 0.2) is 0 Å². The number of hydrogen-bond donors (Lipinski definition) is 1. The quantitative estimate of drug-likeness (QED) is 0.392. The summed E-state index contributed by atoms with van der Waals surface area (Å²) in [5, 5.41) is 0. The Morgan fingerprint density at radius 3 is 2.27 bits per heavy atom. The Hall–Kier alpha value is -1.52. The second kappa shape index (κ2) is 7.84. The molecule has 0 aromatic heterocycles. The van der Waals surface area contributed by atoms with Crippen molar-refractivity contribution in [2.24, 2.45) is 5.73 Å². The highest BCUT2D eigenvalue weighted by atomic mass is 16.5. The van der Waals surface area contributed by atoms with E-state index in [1.54, 1.807) is 6.92 Å². The molecule has 0 aromatic rings. The molecule has 0 spiro atoms. The Morgan fingerprint density at radius 2 is 1.80 bits per heavy atom. The fraction of sp³-hybridized carbons (Fsp3) is 0.500. The fourth-order valence-corrected chi connectivity index (χ4v) is 0.745. The molecule has 0 aliphatic heterocycles. The number of amides is 1. The average Bonchev–Trinajstić information content (AvgIpc) is 2.15. The van der Waals surface area contributed by atoms with E-state index in [4.69, 9.17) is 10.5 Å².